The Bertz CT molecular complexity index is 701. The zero-order valence-electron chi connectivity index (χ0n) is 11.9. The van der Waals surface area contributed by atoms with Crippen molar-refractivity contribution in [1.82, 2.24) is 4.98 Å². The van der Waals surface area contributed by atoms with Crippen LogP contribution in [0.3, 0.4) is 0 Å². The molecule has 1 N–H and O–H groups in total. The summed E-state index contributed by atoms with van der Waals surface area (Å²) in [5.41, 5.74) is 3.52. The van der Waals surface area contributed by atoms with Gasteiger partial charge in [-0.05, 0) is 18.2 Å². The van der Waals surface area contributed by atoms with Crippen LogP contribution in [0.15, 0.2) is 27.7 Å². The number of hydrazone groups is 1. The molecule has 0 spiro atoms. The molecule has 0 atom stereocenters. The molecule has 2 rings (SSSR count). The van der Waals surface area contributed by atoms with E-state index in [1.807, 2.05) is 6.07 Å². The average molecular weight is 286 g/mol. The number of nitrogens with zero attached hydrogens (tertiary/aromatic N) is 3. The van der Waals surface area contributed by atoms with Crippen LogP contribution in [0.2, 0.25) is 0 Å². The van der Waals surface area contributed by atoms with Gasteiger partial charge in [-0.3, -0.25) is 0 Å². The van der Waals surface area contributed by atoms with Crippen molar-refractivity contribution in [3.8, 4) is 17.6 Å². The summed E-state index contributed by atoms with van der Waals surface area (Å²) in [6.45, 7) is 1.65. The molecule has 1 aromatic carbocycles. The van der Waals surface area contributed by atoms with Gasteiger partial charge >= 0.3 is 0 Å². The predicted octanol–water partition coefficient (Wildman–Crippen LogP) is 2.32. The van der Waals surface area contributed by atoms with Crippen LogP contribution in [0, 0.1) is 18.3 Å². The number of anilines is 1. The second kappa shape index (κ2) is 6.43. The zero-order chi connectivity index (χ0) is 15.2. The Morgan fingerprint density at radius 1 is 1.38 bits per heavy atom. The number of hydrogen-bond acceptors (Lipinski definition) is 7. The van der Waals surface area contributed by atoms with Crippen molar-refractivity contribution in [2.75, 3.05) is 19.6 Å². The Kier molecular flexibility index (Phi) is 4.41. The molecule has 1 heterocycles. The number of hydrogen-bond donors (Lipinski definition) is 1. The van der Waals surface area contributed by atoms with Gasteiger partial charge in [0.25, 0.3) is 5.88 Å². The summed E-state index contributed by atoms with van der Waals surface area (Å²) in [6.07, 6.45) is 1.54. The number of oxazole rings is 1. The molecule has 0 bridgehead atoms. The maximum absolute atomic E-state index is 8.90. The number of nitrogens with one attached hydrogen (secondary N) is 1. The number of aromatic nitrogens is 1. The fourth-order valence-electron chi connectivity index (χ4n) is 1.68. The lowest BCUT2D eigenvalue weighted by molar-refractivity contribution is 0.402. The smallest absolute Gasteiger partial charge is 0.252 e. The van der Waals surface area contributed by atoms with Crippen LogP contribution in [0.25, 0.3) is 0 Å². The van der Waals surface area contributed by atoms with Gasteiger partial charge in [-0.15, -0.1) is 0 Å². The molecular weight excluding hydrogens is 272 g/mol. The molecule has 1 aromatic heterocycles. The molecule has 0 amide bonds. The Balaban J connectivity index is 2.19. The number of aryl methyl sites for hydroxylation is 1. The first-order chi connectivity index (χ1) is 10.2. The number of nitriles is 1. The Morgan fingerprint density at radius 2 is 2.19 bits per heavy atom. The second-order valence-electron chi connectivity index (χ2n) is 4.00. The van der Waals surface area contributed by atoms with Gasteiger partial charge in [0.2, 0.25) is 5.69 Å². The van der Waals surface area contributed by atoms with E-state index in [1.54, 1.807) is 45.6 Å². The molecule has 0 saturated heterocycles. The molecule has 0 aliphatic carbocycles. The lowest BCUT2D eigenvalue weighted by atomic mass is 10.2. The minimum atomic E-state index is 0.155. The van der Waals surface area contributed by atoms with Crippen molar-refractivity contribution in [3.63, 3.8) is 0 Å². The van der Waals surface area contributed by atoms with E-state index in [0.29, 0.717) is 17.4 Å². The van der Waals surface area contributed by atoms with Crippen LogP contribution < -0.4 is 14.9 Å². The van der Waals surface area contributed by atoms with Crippen molar-refractivity contribution in [3.05, 3.63) is 35.3 Å². The van der Waals surface area contributed by atoms with E-state index in [1.165, 1.54) is 0 Å². The van der Waals surface area contributed by atoms with E-state index in [9.17, 15) is 0 Å². The first-order valence-corrected chi connectivity index (χ1v) is 6.06. The zero-order valence-corrected chi connectivity index (χ0v) is 11.9. The average Bonchev–Trinajstić information content (AvgIpc) is 2.87. The highest BCUT2D eigenvalue weighted by atomic mass is 16.5. The molecule has 2 aromatic rings. The van der Waals surface area contributed by atoms with Crippen molar-refractivity contribution >= 4 is 12.1 Å². The topological polar surface area (TPSA) is 92.7 Å². The van der Waals surface area contributed by atoms with Gasteiger partial charge in [-0.1, -0.05) is 0 Å². The Morgan fingerprint density at radius 3 is 2.86 bits per heavy atom. The van der Waals surface area contributed by atoms with Crippen molar-refractivity contribution < 1.29 is 13.9 Å². The third-order valence-electron chi connectivity index (χ3n) is 2.65. The molecule has 0 fully saturated rings. The van der Waals surface area contributed by atoms with E-state index in [2.05, 4.69) is 15.5 Å². The second-order valence-corrected chi connectivity index (χ2v) is 4.00. The van der Waals surface area contributed by atoms with Gasteiger partial charge in [0, 0.05) is 12.5 Å². The summed E-state index contributed by atoms with van der Waals surface area (Å²) in [6, 6.07) is 7.26. The van der Waals surface area contributed by atoms with Crippen LogP contribution in [0.4, 0.5) is 5.88 Å². The first-order valence-electron chi connectivity index (χ1n) is 6.06. The fraction of sp³-hybridized carbons (Fsp3) is 0.214. The molecular formula is C14H14N4O3. The lowest BCUT2D eigenvalue weighted by Gasteiger charge is -2.06. The van der Waals surface area contributed by atoms with E-state index in [-0.39, 0.29) is 11.6 Å². The Labute approximate surface area is 121 Å². The van der Waals surface area contributed by atoms with Gasteiger partial charge in [0.05, 0.1) is 20.4 Å². The van der Waals surface area contributed by atoms with Gasteiger partial charge in [0.15, 0.2) is 5.89 Å². The van der Waals surface area contributed by atoms with E-state index in [0.717, 1.165) is 5.56 Å². The highest BCUT2D eigenvalue weighted by Crippen LogP contribution is 2.22. The third-order valence-corrected chi connectivity index (χ3v) is 2.65. The maximum Gasteiger partial charge on any atom is 0.252 e. The van der Waals surface area contributed by atoms with Gasteiger partial charge < -0.3 is 13.9 Å². The summed E-state index contributed by atoms with van der Waals surface area (Å²) >= 11 is 0. The fourth-order valence-corrected chi connectivity index (χ4v) is 1.68. The molecule has 0 radical (unpaired) electrons. The third kappa shape index (κ3) is 3.30. The molecule has 108 valence electrons. The van der Waals surface area contributed by atoms with Gasteiger partial charge in [0.1, 0.15) is 17.6 Å². The first kappa shape index (κ1) is 14.4. The van der Waals surface area contributed by atoms with Gasteiger partial charge in [-0.25, -0.2) is 10.4 Å². The van der Waals surface area contributed by atoms with Gasteiger partial charge in [-0.2, -0.15) is 10.4 Å². The highest BCUT2D eigenvalue weighted by Gasteiger charge is 2.09. The minimum absolute atomic E-state index is 0.155. The number of rotatable bonds is 5. The molecule has 21 heavy (non-hydrogen) atoms. The summed E-state index contributed by atoms with van der Waals surface area (Å²) < 4.78 is 15.6. The monoisotopic (exact) mass is 286 g/mol. The number of ether oxygens (including phenoxy) is 2. The lowest BCUT2D eigenvalue weighted by Crippen LogP contribution is -1.95. The minimum Gasteiger partial charge on any atom is -0.497 e. The molecule has 0 aliphatic heterocycles. The highest BCUT2D eigenvalue weighted by molar-refractivity contribution is 5.84. The molecule has 0 saturated carbocycles. The van der Waals surface area contributed by atoms with Crippen molar-refractivity contribution in [1.29, 1.82) is 5.26 Å². The van der Waals surface area contributed by atoms with Crippen LogP contribution >= 0.6 is 0 Å². The molecule has 0 unspecified atom stereocenters. The molecule has 0 aliphatic rings. The van der Waals surface area contributed by atoms with Crippen LogP contribution in [-0.4, -0.2) is 25.4 Å². The SMILES string of the molecule is COc1ccc(OC)c(C=NNc2oc(C)nc2C#N)c1. The predicted molar refractivity (Wildman–Crippen MR) is 76.7 cm³/mol. The number of benzene rings is 1. The van der Waals surface area contributed by atoms with Crippen LogP contribution in [0.5, 0.6) is 11.5 Å². The van der Waals surface area contributed by atoms with Crippen LogP contribution in [-0.2, 0) is 0 Å². The molecule has 7 nitrogen and oxygen atoms in total. The molecule has 7 heteroatoms. The quantitative estimate of drug-likeness (QED) is 0.669. The normalized spacial score (nSPS) is 10.4. The maximum atomic E-state index is 8.90. The summed E-state index contributed by atoms with van der Waals surface area (Å²) in [7, 11) is 3.15. The summed E-state index contributed by atoms with van der Waals surface area (Å²) in [4.78, 5) is 3.91. The summed E-state index contributed by atoms with van der Waals surface area (Å²) in [5, 5.41) is 12.9. The summed E-state index contributed by atoms with van der Waals surface area (Å²) in [5.74, 6) is 1.93. The van der Waals surface area contributed by atoms with E-state index in [4.69, 9.17) is 19.2 Å². The largest absolute Gasteiger partial charge is 0.497 e. The van der Waals surface area contributed by atoms with Crippen molar-refractivity contribution in [2.45, 2.75) is 6.92 Å². The number of methoxy groups -OCH3 is 2. The van der Waals surface area contributed by atoms with E-state index < -0.39 is 0 Å². The van der Waals surface area contributed by atoms with Crippen LogP contribution in [0.1, 0.15) is 17.1 Å². The van der Waals surface area contributed by atoms with Crippen molar-refractivity contribution in [2.24, 2.45) is 5.10 Å². The standard InChI is InChI=1S/C14H14N4O3/c1-9-17-12(7-15)14(21-9)18-16-8-10-6-11(19-2)4-5-13(10)20-3/h4-6,8,18H,1-3H3. The van der Waals surface area contributed by atoms with E-state index >= 15 is 0 Å². The Hall–Kier alpha value is -3.01.